The summed E-state index contributed by atoms with van der Waals surface area (Å²) in [7, 11) is 0. The Morgan fingerprint density at radius 1 is 1.11 bits per heavy atom. The van der Waals surface area contributed by atoms with Gasteiger partial charge in [-0.1, -0.05) is 43.1 Å². The number of hydrogen-bond donors (Lipinski definition) is 4. The number of halogens is 3. The summed E-state index contributed by atoms with van der Waals surface area (Å²) in [6.07, 6.45) is 4.60. The molecule has 11 nitrogen and oxygen atoms in total. The van der Waals surface area contributed by atoms with Gasteiger partial charge in [0.15, 0.2) is 11.0 Å². The average molecular weight is 660 g/mol. The van der Waals surface area contributed by atoms with Crippen LogP contribution in [-0.2, 0) is 19.7 Å². The molecule has 3 aliphatic heterocycles. The molecule has 3 fully saturated rings. The van der Waals surface area contributed by atoms with Gasteiger partial charge in [0.05, 0.1) is 18.7 Å². The van der Waals surface area contributed by atoms with E-state index in [0.717, 1.165) is 12.8 Å². The van der Waals surface area contributed by atoms with Gasteiger partial charge in [-0.05, 0) is 73.3 Å². The van der Waals surface area contributed by atoms with Crippen LogP contribution in [-0.4, -0.2) is 51.2 Å². The van der Waals surface area contributed by atoms with Gasteiger partial charge in [0.2, 0.25) is 17.7 Å². The zero-order valence-electron chi connectivity index (χ0n) is 24.7. The zero-order chi connectivity index (χ0) is 31.7. The molecule has 0 unspecified atom stereocenters. The Labute approximate surface area is 268 Å². The maximum Gasteiger partial charge on any atom is 0.434 e. The molecular formula is C31H33Cl2FN6O5. The van der Waals surface area contributed by atoms with Crippen molar-refractivity contribution in [1.29, 1.82) is 0 Å². The maximum atomic E-state index is 16.1. The fraction of sp³-hybridized carbons (Fsp3) is 0.516. The first-order chi connectivity index (χ1) is 21.4. The number of fused-ring (bicyclic) bond motifs is 3. The number of anilines is 1. The van der Waals surface area contributed by atoms with Gasteiger partial charge in [-0.15, -0.1) is 5.10 Å². The molecule has 7 rings (SSSR count). The quantitative estimate of drug-likeness (QED) is 0.299. The predicted molar refractivity (Wildman–Crippen MR) is 163 cm³/mol. The lowest BCUT2D eigenvalue weighted by molar-refractivity contribution is -0.126. The fourth-order valence-electron chi connectivity index (χ4n) is 8.06. The number of nitrogens with one attached hydrogen (secondary N) is 4. The van der Waals surface area contributed by atoms with Gasteiger partial charge in [0.25, 0.3) is 0 Å². The van der Waals surface area contributed by atoms with Crippen LogP contribution in [0.5, 0.6) is 0 Å². The highest BCUT2D eigenvalue weighted by atomic mass is 35.5. The molecule has 1 aromatic carbocycles. The van der Waals surface area contributed by atoms with Crippen molar-refractivity contribution in [2.75, 3.05) is 11.9 Å². The number of pyridine rings is 1. The maximum absolute atomic E-state index is 16.1. The van der Waals surface area contributed by atoms with E-state index in [9.17, 15) is 14.4 Å². The Morgan fingerprint density at radius 2 is 1.89 bits per heavy atom. The van der Waals surface area contributed by atoms with Crippen LogP contribution in [0.2, 0.25) is 10.2 Å². The minimum Gasteiger partial charge on any atom is -0.390 e. The Kier molecular flexibility index (Phi) is 7.34. The molecule has 2 aromatic heterocycles. The summed E-state index contributed by atoms with van der Waals surface area (Å²) in [6, 6.07) is 5.36. The Balaban J connectivity index is 1.30. The summed E-state index contributed by atoms with van der Waals surface area (Å²) < 4.78 is 27.0. The highest BCUT2D eigenvalue weighted by Crippen LogP contribution is 2.64. The zero-order valence-corrected chi connectivity index (χ0v) is 26.2. The summed E-state index contributed by atoms with van der Waals surface area (Å²) in [5.74, 6) is -2.96. The second-order valence-corrected chi connectivity index (χ2v) is 14.2. The second-order valence-electron chi connectivity index (χ2n) is 13.4. The molecule has 4 aliphatic rings. The third kappa shape index (κ3) is 4.79. The van der Waals surface area contributed by atoms with Crippen LogP contribution < -0.4 is 21.7 Å². The molecule has 1 saturated carbocycles. The molecule has 4 N–H and O–H groups in total. The minimum absolute atomic E-state index is 0.0243. The van der Waals surface area contributed by atoms with E-state index < -0.39 is 40.6 Å². The summed E-state index contributed by atoms with van der Waals surface area (Å²) in [4.78, 5) is 44.3. The van der Waals surface area contributed by atoms with Gasteiger partial charge >= 0.3 is 5.76 Å². The molecule has 238 valence electrons. The molecule has 14 heteroatoms. The Bertz CT molecular complexity index is 1730. The van der Waals surface area contributed by atoms with Crippen molar-refractivity contribution in [3.05, 3.63) is 74.0 Å². The van der Waals surface area contributed by atoms with Crippen molar-refractivity contribution in [3.8, 4) is 0 Å². The molecular weight excluding hydrogens is 626 g/mol. The van der Waals surface area contributed by atoms with E-state index in [2.05, 4.69) is 45.0 Å². The molecule has 0 radical (unpaired) electrons. The smallest absolute Gasteiger partial charge is 0.390 e. The summed E-state index contributed by atoms with van der Waals surface area (Å²) in [5, 5.41) is 16.0. The van der Waals surface area contributed by atoms with E-state index in [1.807, 2.05) is 6.07 Å². The predicted octanol–water partition coefficient (Wildman–Crippen LogP) is 4.52. The van der Waals surface area contributed by atoms with Crippen LogP contribution in [0, 0.1) is 11.2 Å². The number of aromatic nitrogens is 3. The lowest BCUT2D eigenvalue weighted by Crippen LogP contribution is -2.61. The van der Waals surface area contributed by atoms with E-state index in [1.165, 1.54) is 12.3 Å². The SMILES string of the molecule is CC1(C)CCC2(CC1)N[C@@H](C(=O)N[C@@H]1CC[C@@H](c3n[nH]c(=O)o3)OC1)[C@H](c1ccnc(Cl)c1F)[C@]21C(=O)Nc2cc(Cl)ccc21. The largest absolute Gasteiger partial charge is 0.434 e. The van der Waals surface area contributed by atoms with Crippen LogP contribution in [0.1, 0.15) is 81.4 Å². The highest BCUT2D eigenvalue weighted by molar-refractivity contribution is 6.31. The molecule has 1 aliphatic carbocycles. The molecule has 0 bridgehead atoms. The van der Waals surface area contributed by atoms with Gasteiger partial charge in [-0.2, -0.15) is 0 Å². The lowest BCUT2D eigenvalue weighted by atomic mass is 9.53. The van der Waals surface area contributed by atoms with Gasteiger partial charge in [-0.25, -0.2) is 19.3 Å². The second kappa shape index (κ2) is 10.9. The van der Waals surface area contributed by atoms with Crippen LogP contribution in [0.4, 0.5) is 10.1 Å². The summed E-state index contributed by atoms with van der Waals surface area (Å²) >= 11 is 12.6. The van der Waals surface area contributed by atoms with E-state index in [4.69, 9.17) is 32.4 Å². The van der Waals surface area contributed by atoms with Crippen LogP contribution in [0.15, 0.2) is 39.7 Å². The Hall–Kier alpha value is -3.32. The van der Waals surface area contributed by atoms with Gasteiger partial charge in [-0.3, -0.25) is 14.9 Å². The lowest BCUT2D eigenvalue weighted by Gasteiger charge is -2.50. The van der Waals surface area contributed by atoms with Crippen molar-refractivity contribution in [1.82, 2.24) is 25.8 Å². The fourth-order valence-corrected chi connectivity index (χ4v) is 8.40. The minimum atomic E-state index is -1.36. The number of rotatable bonds is 4. The van der Waals surface area contributed by atoms with E-state index in [1.54, 1.807) is 12.1 Å². The molecule has 3 aromatic rings. The number of carbonyl (C=O) groups is 2. The topological polar surface area (TPSA) is 151 Å². The molecule has 2 spiro atoms. The highest BCUT2D eigenvalue weighted by Gasteiger charge is 2.73. The number of hydrogen-bond acceptors (Lipinski definition) is 8. The number of benzene rings is 1. The Morgan fingerprint density at radius 3 is 2.58 bits per heavy atom. The number of H-pyrrole nitrogens is 1. The number of carbonyl (C=O) groups excluding carboxylic acids is 2. The molecule has 5 atom stereocenters. The first-order valence-corrected chi connectivity index (χ1v) is 15.9. The van der Waals surface area contributed by atoms with Gasteiger partial charge in [0, 0.05) is 28.4 Å². The number of nitrogens with zero attached hydrogens (tertiary/aromatic N) is 2. The third-order valence-corrected chi connectivity index (χ3v) is 10.8. The van der Waals surface area contributed by atoms with Crippen LogP contribution >= 0.6 is 23.2 Å². The average Bonchev–Trinajstić information content (AvgIpc) is 3.65. The van der Waals surface area contributed by atoms with Crippen molar-refractivity contribution in [2.24, 2.45) is 5.41 Å². The monoisotopic (exact) mass is 658 g/mol. The standard InChI is InChI=1S/C31H33Cl2FN6O5/c1-29(2)8-10-30(11-9-29)31(18-5-3-15(32)13-19(18)37-27(31)42)21(17-7-12-35-24(33)22(17)34)23(38-30)25(41)36-16-4-6-20(44-14-16)26-39-40-28(43)45-26/h3,5,7,12-13,16,20-21,23,38H,4,6,8-11,14H2,1-2H3,(H,36,41)(H,37,42)(H,40,43)/t16-,20+,21+,23-,31-/m1/s1. The molecule has 2 saturated heterocycles. The van der Waals surface area contributed by atoms with E-state index in [0.29, 0.717) is 42.0 Å². The van der Waals surface area contributed by atoms with Crippen molar-refractivity contribution >= 4 is 40.7 Å². The molecule has 45 heavy (non-hydrogen) atoms. The van der Waals surface area contributed by atoms with E-state index in [-0.39, 0.29) is 46.5 Å². The van der Waals surface area contributed by atoms with Crippen LogP contribution in [0.3, 0.4) is 0 Å². The number of ether oxygens (including phenoxy) is 1. The first kappa shape index (κ1) is 30.3. The summed E-state index contributed by atoms with van der Waals surface area (Å²) in [5.41, 5.74) is -0.871. The number of amides is 2. The molecule has 5 heterocycles. The van der Waals surface area contributed by atoms with Crippen molar-refractivity contribution in [3.63, 3.8) is 0 Å². The van der Waals surface area contributed by atoms with Crippen molar-refractivity contribution in [2.45, 2.75) is 87.4 Å². The number of aromatic amines is 1. The van der Waals surface area contributed by atoms with Crippen LogP contribution in [0.25, 0.3) is 0 Å². The normalized spacial score (nSPS) is 29.9. The molecule has 2 amide bonds. The van der Waals surface area contributed by atoms with Gasteiger partial charge in [0.1, 0.15) is 11.5 Å². The van der Waals surface area contributed by atoms with Crippen molar-refractivity contribution < 1.29 is 23.1 Å². The van der Waals surface area contributed by atoms with E-state index >= 15 is 4.39 Å². The summed E-state index contributed by atoms with van der Waals surface area (Å²) in [6.45, 7) is 4.53. The third-order valence-electron chi connectivity index (χ3n) is 10.3. The first-order valence-electron chi connectivity index (χ1n) is 15.1. The van der Waals surface area contributed by atoms with Gasteiger partial charge < -0.3 is 19.8 Å².